The number of hydrogen-bond donors (Lipinski definition) is 1. The highest BCUT2D eigenvalue weighted by Crippen LogP contribution is 2.48. The topological polar surface area (TPSA) is 12.0 Å². The summed E-state index contributed by atoms with van der Waals surface area (Å²) < 4.78 is 0. The molecule has 0 bridgehead atoms. The van der Waals surface area contributed by atoms with Crippen molar-refractivity contribution in [1.82, 2.24) is 5.32 Å². The maximum Gasteiger partial charge on any atom is 0.00323 e. The van der Waals surface area contributed by atoms with E-state index in [1.165, 1.54) is 38.8 Å². The number of aryl methyl sites for hydroxylation is 1. The van der Waals surface area contributed by atoms with Gasteiger partial charge < -0.3 is 5.32 Å². The molecule has 2 unspecified atom stereocenters. The van der Waals surface area contributed by atoms with Gasteiger partial charge in [0, 0.05) is 19.0 Å². The van der Waals surface area contributed by atoms with Crippen LogP contribution in [0.1, 0.15) is 49.3 Å². The number of hydrogen-bond acceptors (Lipinski definition) is 1. The van der Waals surface area contributed by atoms with Crippen LogP contribution in [0.3, 0.4) is 0 Å². The minimum Gasteiger partial charge on any atom is -0.316 e. The molecule has 1 heterocycles. The Hall–Kier alpha value is -0.530. The minimum atomic E-state index is 0. The van der Waals surface area contributed by atoms with Gasteiger partial charge in [-0.1, -0.05) is 38.5 Å². The zero-order chi connectivity index (χ0) is 11.9. The highest BCUT2D eigenvalue weighted by molar-refractivity contribution is 5.85. The molecule has 1 aliphatic carbocycles. The van der Waals surface area contributed by atoms with Crippen LogP contribution in [-0.4, -0.2) is 13.1 Å². The first-order valence-electron chi connectivity index (χ1n) is 7.06. The van der Waals surface area contributed by atoms with E-state index in [-0.39, 0.29) is 12.4 Å². The van der Waals surface area contributed by atoms with Gasteiger partial charge >= 0.3 is 0 Å². The molecule has 1 fully saturated rings. The molecule has 2 atom stereocenters. The Morgan fingerprint density at radius 1 is 1.39 bits per heavy atom. The second kappa shape index (κ2) is 5.22. The summed E-state index contributed by atoms with van der Waals surface area (Å²) in [5, 5.41) is 3.60. The van der Waals surface area contributed by atoms with Crippen LogP contribution < -0.4 is 5.32 Å². The van der Waals surface area contributed by atoms with Gasteiger partial charge in [0.2, 0.25) is 0 Å². The molecule has 0 spiro atoms. The zero-order valence-electron chi connectivity index (χ0n) is 11.5. The number of rotatable bonds is 2. The highest BCUT2D eigenvalue weighted by atomic mass is 35.5. The van der Waals surface area contributed by atoms with Crippen molar-refractivity contribution in [2.45, 2.75) is 45.4 Å². The second-order valence-electron chi connectivity index (χ2n) is 6.07. The number of nitrogens with one attached hydrogen (secondary N) is 1. The summed E-state index contributed by atoms with van der Waals surface area (Å²) in [5.41, 5.74) is 5.45. The van der Waals surface area contributed by atoms with Gasteiger partial charge in [-0.25, -0.2) is 0 Å². The SMILES string of the molecule is CCCc1cccc2c1CCC1(C)CNCC21.Cl. The van der Waals surface area contributed by atoms with Gasteiger partial charge in [0.15, 0.2) is 0 Å². The Bertz CT molecular complexity index is 429. The third-order valence-corrected chi connectivity index (χ3v) is 4.87. The van der Waals surface area contributed by atoms with Gasteiger partial charge in [0.05, 0.1) is 0 Å². The first kappa shape index (κ1) is 13.9. The predicted molar refractivity (Wildman–Crippen MR) is 79.7 cm³/mol. The predicted octanol–water partition coefficient (Wildman–Crippen LogP) is 3.70. The summed E-state index contributed by atoms with van der Waals surface area (Å²) in [4.78, 5) is 0. The lowest BCUT2D eigenvalue weighted by molar-refractivity contribution is 0.277. The molecule has 1 saturated heterocycles. The molecule has 0 aromatic heterocycles. The monoisotopic (exact) mass is 265 g/mol. The van der Waals surface area contributed by atoms with E-state index >= 15 is 0 Å². The fourth-order valence-corrected chi connectivity index (χ4v) is 3.82. The molecule has 18 heavy (non-hydrogen) atoms. The Morgan fingerprint density at radius 2 is 2.22 bits per heavy atom. The van der Waals surface area contributed by atoms with E-state index in [0.717, 1.165) is 5.92 Å². The summed E-state index contributed by atoms with van der Waals surface area (Å²) in [6.07, 6.45) is 5.16. The smallest absolute Gasteiger partial charge is 0.00323 e. The van der Waals surface area contributed by atoms with E-state index in [4.69, 9.17) is 0 Å². The van der Waals surface area contributed by atoms with E-state index in [2.05, 4.69) is 37.4 Å². The summed E-state index contributed by atoms with van der Waals surface area (Å²) in [7, 11) is 0. The molecule has 100 valence electrons. The maximum absolute atomic E-state index is 3.60. The van der Waals surface area contributed by atoms with E-state index in [9.17, 15) is 0 Å². The van der Waals surface area contributed by atoms with Crippen LogP contribution in [0, 0.1) is 5.41 Å². The molecule has 3 rings (SSSR count). The first-order valence-corrected chi connectivity index (χ1v) is 7.06. The molecule has 1 aromatic rings. The van der Waals surface area contributed by atoms with Gasteiger partial charge in [-0.15, -0.1) is 12.4 Å². The highest BCUT2D eigenvalue weighted by Gasteiger charge is 2.43. The summed E-state index contributed by atoms with van der Waals surface area (Å²) >= 11 is 0. The third-order valence-electron chi connectivity index (χ3n) is 4.87. The summed E-state index contributed by atoms with van der Waals surface area (Å²) in [6, 6.07) is 6.99. The van der Waals surface area contributed by atoms with Crippen LogP contribution >= 0.6 is 12.4 Å². The van der Waals surface area contributed by atoms with Crippen molar-refractivity contribution in [2.75, 3.05) is 13.1 Å². The Kier molecular flexibility index (Phi) is 4.03. The van der Waals surface area contributed by atoms with Crippen LogP contribution in [0.5, 0.6) is 0 Å². The van der Waals surface area contributed by atoms with Gasteiger partial charge in [0.25, 0.3) is 0 Å². The zero-order valence-corrected chi connectivity index (χ0v) is 12.3. The average molecular weight is 266 g/mol. The molecule has 0 amide bonds. The van der Waals surface area contributed by atoms with E-state index < -0.39 is 0 Å². The molecule has 0 saturated carbocycles. The molecule has 1 N–H and O–H groups in total. The first-order chi connectivity index (χ1) is 8.24. The van der Waals surface area contributed by atoms with Gasteiger partial charge in [-0.05, 0) is 41.4 Å². The molecule has 0 radical (unpaired) electrons. The number of benzene rings is 1. The van der Waals surface area contributed by atoms with Crippen molar-refractivity contribution >= 4 is 12.4 Å². The lowest BCUT2D eigenvalue weighted by Gasteiger charge is -2.37. The summed E-state index contributed by atoms with van der Waals surface area (Å²) in [6.45, 7) is 7.13. The molecule has 2 heteroatoms. The normalized spacial score (nSPS) is 29.3. The Balaban J connectivity index is 0.00000120. The van der Waals surface area contributed by atoms with Gasteiger partial charge in [-0.2, -0.15) is 0 Å². The average Bonchev–Trinajstić information content (AvgIpc) is 2.72. The Morgan fingerprint density at radius 3 is 3.00 bits per heavy atom. The fraction of sp³-hybridized carbons (Fsp3) is 0.625. The van der Waals surface area contributed by atoms with E-state index in [1.807, 2.05) is 0 Å². The summed E-state index contributed by atoms with van der Waals surface area (Å²) in [5.74, 6) is 0.753. The van der Waals surface area contributed by atoms with Crippen LogP contribution in [0.15, 0.2) is 18.2 Å². The third kappa shape index (κ3) is 2.08. The van der Waals surface area contributed by atoms with Gasteiger partial charge in [-0.3, -0.25) is 0 Å². The van der Waals surface area contributed by atoms with E-state index in [1.54, 1.807) is 16.7 Å². The molecular weight excluding hydrogens is 242 g/mol. The van der Waals surface area contributed by atoms with Crippen LogP contribution in [0.4, 0.5) is 0 Å². The Labute approximate surface area is 117 Å². The number of halogens is 1. The second-order valence-corrected chi connectivity index (χ2v) is 6.07. The van der Waals surface area contributed by atoms with Crippen molar-refractivity contribution in [1.29, 1.82) is 0 Å². The van der Waals surface area contributed by atoms with Crippen LogP contribution in [0.2, 0.25) is 0 Å². The molecule has 2 aliphatic rings. The largest absolute Gasteiger partial charge is 0.316 e. The number of fused-ring (bicyclic) bond motifs is 3. The fourth-order valence-electron chi connectivity index (χ4n) is 3.82. The lowest BCUT2D eigenvalue weighted by atomic mass is 9.66. The standard InChI is InChI=1S/C16H23N.ClH/c1-3-5-12-6-4-7-14-13(12)8-9-16(2)11-17-10-15(14)16;/h4,6-7,15,17H,3,5,8-11H2,1-2H3;1H. The van der Waals surface area contributed by atoms with Crippen molar-refractivity contribution in [3.05, 3.63) is 34.9 Å². The van der Waals surface area contributed by atoms with E-state index in [0.29, 0.717) is 5.41 Å². The maximum atomic E-state index is 3.60. The van der Waals surface area contributed by atoms with Crippen molar-refractivity contribution < 1.29 is 0 Å². The van der Waals surface area contributed by atoms with Crippen LogP contribution in [-0.2, 0) is 12.8 Å². The van der Waals surface area contributed by atoms with Crippen LogP contribution in [0.25, 0.3) is 0 Å². The quantitative estimate of drug-likeness (QED) is 0.860. The molecule has 1 aliphatic heterocycles. The lowest BCUT2D eigenvalue weighted by Crippen LogP contribution is -2.30. The van der Waals surface area contributed by atoms with Gasteiger partial charge in [0.1, 0.15) is 0 Å². The van der Waals surface area contributed by atoms with Crippen molar-refractivity contribution in [3.8, 4) is 0 Å². The molecular formula is C16H24ClN. The minimum absolute atomic E-state index is 0. The van der Waals surface area contributed by atoms with Crippen molar-refractivity contribution in [2.24, 2.45) is 5.41 Å². The molecule has 1 aromatic carbocycles. The molecule has 1 nitrogen and oxygen atoms in total. The van der Waals surface area contributed by atoms with Crippen molar-refractivity contribution in [3.63, 3.8) is 0 Å².